The lowest BCUT2D eigenvalue weighted by Gasteiger charge is -2.30. The molecule has 1 aromatic carbocycles. The van der Waals surface area contributed by atoms with Gasteiger partial charge in [0.25, 0.3) is 0 Å². The summed E-state index contributed by atoms with van der Waals surface area (Å²) in [6.07, 6.45) is 1.81. The van der Waals surface area contributed by atoms with E-state index in [0.29, 0.717) is 12.1 Å². The Bertz CT molecular complexity index is 428. The van der Waals surface area contributed by atoms with Gasteiger partial charge in [-0.25, -0.2) is 0 Å². The molecule has 18 heavy (non-hydrogen) atoms. The van der Waals surface area contributed by atoms with E-state index in [1.165, 1.54) is 0 Å². The first-order valence-corrected chi connectivity index (χ1v) is 6.94. The fourth-order valence-corrected chi connectivity index (χ4v) is 2.18. The number of rotatable bonds is 6. The van der Waals surface area contributed by atoms with Gasteiger partial charge in [-0.3, -0.25) is 0 Å². The van der Waals surface area contributed by atoms with Crippen LogP contribution >= 0.6 is 15.9 Å². The van der Waals surface area contributed by atoms with Gasteiger partial charge >= 0.3 is 0 Å². The molecule has 0 spiro atoms. The summed E-state index contributed by atoms with van der Waals surface area (Å²) >= 11 is 3.40. The van der Waals surface area contributed by atoms with Crippen molar-refractivity contribution in [2.75, 3.05) is 18.5 Å². The molecule has 0 unspecified atom stereocenters. The van der Waals surface area contributed by atoms with Gasteiger partial charge in [0.1, 0.15) is 6.07 Å². The number of nitriles is 1. The zero-order valence-corrected chi connectivity index (χ0v) is 12.4. The van der Waals surface area contributed by atoms with Gasteiger partial charge in [-0.15, -0.1) is 0 Å². The topological polar surface area (TPSA) is 56.0 Å². The molecule has 0 atom stereocenters. The van der Waals surface area contributed by atoms with Crippen LogP contribution in [0.25, 0.3) is 0 Å². The Hall–Kier alpha value is -1.05. The number of halogens is 1. The van der Waals surface area contributed by atoms with Gasteiger partial charge in [0.2, 0.25) is 0 Å². The van der Waals surface area contributed by atoms with Crippen molar-refractivity contribution in [2.45, 2.75) is 26.7 Å². The number of nitrogens with one attached hydrogen (secondary N) is 1. The van der Waals surface area contributed by atoms with Crippen molar-refractivity contribution >= 4 is 21.6 Å². The van der Waals surface area contributed by atoms with Crippen LogP contribution in [-0.4, -0.2) is 18.3 Å². The van der Waals surface area contributed by atoms with Crippen LogP contribution in [0.1, 0.15) is 32.3 Å². The summed E-state index contributed by atoms with van der Waals surface area (Å²) in [6.45, 7) is 4.98. The lowest BCUT2D eigenvalue weighted by molar-refractivity contribution is 0.127. The van der Waals surface area contributed by atoms with E-state index in [4.69, 9.17) is 5.26 Å². The van der Waals surface area contributed by atoms with E-state index < -0.39 is 0 Å². The molecule has 0 saturated carbocycles. The predicted octanol–water partition coefficient (Wildman–Crippen LogP) is 3.53. The van der Waals surface area contributed by atoms with Crippen LogP contribution in [0, 0.1) is 16.7 Å². The zero-order valence-electron chi connectivity index (χ0n) is 10.8. The maximum atomic E-state index is 9.52. The van der Waals surface area contributed by atoms with Crippen molar-refractivity contribution in [2.24, 2.45) is 5.41 Å². The first-order chi connectivity index (χ1) is 8.60. The van der Waals surface area contributed by atoms with Crippen LogP contribution in [0.5, 0.6) is 0 Å². The van der Waals surface area contributed by atoms with E-state index in [1.807, 2.05) is 12.1 Å². The summed E-state index contributed by atoms with van der Waals surface area (Å²) < 4.78 is 0.937. The van der Waals surface area contributed by atoms with Gasteiger partial charge in [0, 0.05) is 16.4 Å². The summed E-state index contributed by atoms with van der Waals surface area (Å²) in [4.78, 5) is 0. The molecular weight excluding hydrogens is 292 g/mol. The van der Waals surface area contributed by atoms with E-state index in [-0.39, 0.29) is 12.0 Å². The second-order valence-electron chi connectivity index (χ2n) is 4.52. The van der Waals surface area contributed by atoms with Gasteiger partial charge in [0.05, 0.1) is 17.9 Å². The molecule has 0 bridgehead atoms. The number of hydrogen-bond acceptors (Lipinski definition) is 3. The highest BCUT2D eigenvalue weighted by atomic mass is 79.9. The highest BCUT2D eigenvalue weighted by molar-refractivity contribution is 9.10. The first-order valence-electron chi connectivity index (χ1n) is 6.15. The fourth-order valence-electron chi connectivity index (χ4n) is 1.82. The Morgan fingerprint density at radius 3 is 2.56 bits per heavy atom. The Morgan fingerprint density at radius 2 is 2.06 bits per heavy atom. The summed E-state index contributed by atoms with van der Waals surface area (Å²) in [5.41, 5.74) is 1.32. The molecule has 0 aromatic heterocycles. The monoisotopic (exact) mass is 310 g/mol. The van der Waals surface area contributed by atoms with Crippen LogP contribution in [0.4, 0.5) is 5.69 Å². The molecule has 1 rings (SSSR count). The second kappa shape index (κ2) is 6.77. The third kappa shape index (κ3) is 3.47. The Labute approximate surface area is 117 Å². The Morgan fingerprint density at radius 1 is 1.39 bits per heavy atom. The molecule has 98 valence electrons. The smallest absolute Gasteiger partial charge is 0.101 e. The number of aliphatic hydroxyl groups excluding tert-OH is 1. The molecule has 0 radical (unpaired) electrons. The van der Waals surface area contributed by atoms with Crippen molar-refractivity contribution in [1.29, 1.82) is 5.26 Å². The summed E-state index contributed by atoms with van der Waals surface area (Å²) in [6, 6.07) is 7.69. The molecule has 0 amide bonds. The summed E-state index contributed by atoms with van der Waals surface area (Å²) in [5, 5.41) is 21.9. The van der Waals surface area contributed by atoms with Gasteiger partial charge in [-0.1, -0.05) is 29.8 Å². The van der Waals surface area contributed by atoms with Gasteiger partial charge in [-0.05, 0) is 31.0 Å². The SMILES string of the molecule is CCC(CC)(CO)CNc1cc(Br)ccc1C#N. The number of anilines is 1. The van der Waals surface area contributed by atoms with Gasteiger partial charge in [-0.2, -0.15) is 5.26 Å². The molecule has 0 aliphatic carbocycles. The molecule has 2 N–H and O–H groups in total. The Kier molecular flexibility index (Phi) is 5.64. The molecule has 0 aliphatic heterocycles. The van der Waals surface area contributed by atoms with Crippen LogP contribution in [0.15, 0.2) is 22.7 Å². The predicted molar refractivity (Wildman–Crippen MR) is 77.4 cm³/mol. The normalized spacial score (nSPS) is 11.1. The van der Waals surface area contributed by atoms with Gasteiger partial charge < -0.3 is 10.4 Å². The minimum atomic E-state index is -0.116. The second-order valence-corrected chi connectivity index (χ2v) is 5.44. The van der Waals surface area contributed by atoms with Crippen LogP contribution < -0.4 is 5.32 Å². The highest BCUT2D eigenvalue weighted by Gasteiger charge is 2.25. The highest BCUT2D eigenvalue weighted by Crippen LogP contribution is 2.28. The van der Waals surface area contributed by atoms with Crippen LogP contribution in [0.3, 0.4) is 0 Å². The van der Waals surface area contributed by atoms with E-state index in [0.717, 1.165) is 23.0 Å². The number of benzene rings is 1. The van der Waals surface area contributed by atoms with Crippen molar-refractivity contribution in [3.63, 3.8) is 0 Å². The zero-order chi connectivity index (χ0) is 13.6. The number of hydrogen-bond donors (Lipinski definition) is 2. The summed E-state index contributed by atoms with van der Waals surface area (Å²) in [5.74, 6) is 0. The minimum Gasteiger partial charge on any atom is -0.396 e. The van der Waals surface area contributed by atoms with Crippen molar-refractivity contribution in [1.82, 2.24) is 0 Å². The van der Waals surface area contributed by atoms with Gasteiger partial charge in [0.15, 0.2) is 0 Å². The molecule has 0 heterocycles. The standard InChI is InChI=1S/C14H19BrN2O/c1-3-14(4-2,10-18)9-17-13-7-12(15)6-5-11(13)8-16/h5-7,17-18H,3-4,9-10H2,1-2H3. The summed E-state index contributed by atoms with van der Waals surface area (Å²) in [7, 11) is 0. The lowest BCUT2D eigenvalue weighted by atomic mass is 9.83. The molecule has 0 saturated heterocycles. The quantitative estimate of drug-likeness (QED) is 0.845. The van der Waals surface area contributed by atoms with E-state index in [1.54, 1.807) is 6.07 Å². The minimum absolute atomic E-state index is 0.116. The average Bonchev–Trinajstić information content (AvgIpc) is 2.41. The van der Waals surface area contributed by atoms with E-state index in [9.17, 15) is 5.11 Å². The van der Waals surface area contributed by atoms with Crippen LogP contribution in [-0.2, 0) is 0 Å². The van der Waals surface area contributed by atoms with E-state index >= 15 is 0 Å². The fraction of sp³-hybridized carbons (Fsp3) is 0.500. The Balaban J connectivity index is 2.85. The van der Waals surface area contributed by atoms with E-state index in [2.05, 4.69) is 41.2 Å². The van der Waals surface area contributed by atoms with Crippen molar-refractivity contribution in [3.8, 4) is 6.07 Å². The van der Waals surface area contributed by atoms with Crippen molar-refractivity contribution in [3.05, 3.63) is 28.2 Å². The van der Waals surface area contributed by atoms with Crippen molar-refractivity contribution < 1.29 is 5.11 Å². The number of aliphatic hydroxyl groups is 1. The molecule has 0 fully saturated rings. The third-order valence-corrected chi connectivity index (χ3v) is 4.08. The molecular formula is C14H19BrN2O. The molecule has 3 nitrogen and oxygen atoms in total. The maximum Gasteiger partial charge on any atom is 0.101 e. The first kappa shape index (κ1) is 15.0. The third-order valence-electron chi connectivity index (χ3n) is 3.59. The molecule has 4 heteroatoms. The largest absolute Gasteiger partial charge is 0.396 e. The average molecular weight is 311 g/mol. The molecule has 1 aromatic rings. The lowest BCUT2D eigenvalue weighted by Crippen LogP contribution is -2.32. The van der Waals surface area contributed by atoms with Crippen LogP contribution in [0.2, 0.25) is 0 Å². The molecule has 0 aliphatic rings. The maximum absolute atomic E-state index is 9.52. The number of nitrogens with zero attached hydrogens (tertiary/aromatic N) is 1.